The lowest BCUT2D eigenvalue weighted by Gasteiger charge is -2.34. The number of fused-ring (bicyclic) bond motifs is 4. The van der Waals surface area contributed by atoms with Crippen LogP contribution >= 0.6 is 0 Å². The number of nitrogens with zero attached hydrogens (tertiary/aromatic N) is 26. The molecule has 686 valence electrons. The van der Waals surface area contributed by atoms with Gasteiger partial charge in [0.1, 0.15) is 97.0 Å². The minimum atomic E-state index is -0.612. The van der Waals surface area contributed by atoms with Gasteiger partial charge in [0.2, 0.25) is 5.91 Å². The Balaban J connectivity index is 0.000000145. The van der Waals surface area contributed by atoms with Gasteiger partial charge in [-0.15, -0.1) is 25.7 Å². The molecule has 0 spiro atoms. The standard InChI is InChI=1S/C28H30N8O3.3C23H22N6O3/c1-3-27(38)35-12-10-34(11-13-35)26-5-4-22(18-30-26)25-16-24(20-36-28(25)23(17-29)19-31-36)39-15-14-32-6-8-33(9-7-32)21(2)37;2*1-3-22(31)28-8-6-27(7-9-28)21-5-4-17(12-25-21)20-10-19(32-15-16(2)30)14-29-23(20)18(11-24)13-26-29;1-3-22(30)28-8-6-27(7-9-28)21-5-4-17(14-25-21)20-12-19(32-11-10-31-2)16-29-23(20)18(13-24)15-26-29/h1,4-5,16,18-20H,6-15H2,2H3;2*1,4-5,10,12-14,16,30H,6-9,15H2,2H3;1,4-5,12,14-16H,6-11H2,2H3/t;2*16-;/m.10./s1. The molecule has 5 fully saturated rings. The Kier molecular flexibility index (Phi) is 30.8. The molecule has 5 amide bonds. The zero-order valence-electron chi connectivity index (χ0n) is 74.8. The lowest BCUT2D eigenvalue weighted by atomic mass is 10.1. The summed E-state index contributed by atoms with van der Waals surface area (Å²) in [6, 6.07) is 31.7. The van der Waals surface area contributed by atoms with Crippen molar-refractivity contribution in [3.63, 3.8) is 0 Å². The van der Waals surface area contributed by atoms with Crippen molar-refractivity contribution in [2.45, 2.75) is 33.0 Å². The molecule has 0 unspecified atom stereocenters. The molecule has 17 heterocycles. The number of aliphatic hydroxyl groups excluding tert-OH is 2. The van der Waals surface area contributed by atoms with Crippen molar-refractivity contribution in [2.24, 2.45) is 0 Å². The van der Waals surface area contributed by atoms with Crippen LogP contribution in [0.3, 0.4) is 0 Å². The van der Waals surface area contributed by atoms with E-state index in [0.29, 0.717) is 192 Å². The quantitative estimate of drug-likeness (QED) is 0.0643. The molecule has 135 heavy (non-hydrogen) atoms. The van der Waals surface area contributed by atoms with E-state index in [4.69, 9.17) is 49.4 Å². The molecule has 0 aliphatic carbocycles. The topological polar surface area (TPSA) is 420 Å². The van der Waals surface area contributed by atoms with Gasteiger partial charge >= 0.3 is 0 Å². The van der Waals surface area contributed by atoms with Crippen molar-refractivity contribution in [1.82, 2.24) is 87.8 Å². The first-order valence-corrected chi connectivity index (χ1v) is 43.5. The van der Waals surface area contributed by atoms with Crippen LogP contribution in [0.25, 0.3) is 66.6 Å². The largest absolute Gasteiger partial charge is 0.491 e. The van der Waals surface area contributed by atoms with E-state index in [2.05, 4.69) is 113 Å². The average molecular weight is 1820 g/mol. The van der Waals surface area contributed by atoms with Crippen LogP contribution in [0.4, 0.5) is 23.3 Å². The third kappa shape index (κ3) is 22.6. The highest BCUT2D eigenvalue weighted by atomic mass is 16.5. The number of nitriles is 4. The third-order valence-electron chi connectivity index (χ3n) is 23.2. The number of amides is 5. The zero-order valence-corrected chi connectivity index (χ0v) is 74.8. The second-order valence-electron chi connectivity index (χ2n) is 31.9. The molecule has 0 saturated carbocycles. The predicted octanol–water partition coefficient (Wildman–Crippen LogP) is 5.29. The van der Waals surface area contributed by atoms with E-state index in [1.165, 1.54) is 18.6 Å². The van der Waals surface area contributed by atoms with Gasteiger partial charge in [-0.2, -0.15) is 41.4 Å². The number of aliphatic hydroxyl groups is 2. The van der Waals surface area contributed by atoms with Crippen LogP contribution in [-0.4, -0.2) is 317 Å². The Morgan fingerprint density at radius 1 is 0.363 bits per heavy atom. The molecular weight excluding hydrogens is 1720 g/mol. The third-order valence-corrected chi connectivity index (χ3v) is 23.2. The predicted molar refractivity (Wildman–Crippen MR) is 499 cm³/mol. The Labute approximate surface area is 778 Å². The van der Waals surface area contributed by atoms with Crippen LogP contribution < -0.4 is 38.5 Å². The van der Waals surface area contributed by atoms with Gasteiger partial charge in [0.05, 0.1) is 113 Å². The van der Waals surface area contributed by atoms with Gasteiger partial charge in [-0.25, -0.2) is 38.0 Å². The number of pyridine rings is 8. The molecule has 17 rings (SSSR count). The maximum atomic E-state index is 11.8. The van der Waals surface area contributed by atoms with Crippen LogP contribution in [0.1, 0.15) is 43.0 Å². The molecule has 38 nitrogen and oxygen atoms in total. The number of methoxy groups -OCH3 is 1. The van der Waals surface area contributed by atoms with E-state index in [1.54, 1.807) is 121 Å². The molecule has 0 aromatic carbocycles. The second-order valence-corrected chi connectivity index (χ2v) is 31.9. The maximum absolute atomic E-state index is 11.8. The summed E-state index contributed by atoms with van der Waals surface area (Å²) in [5, 5.41) is 74.4. The van der Waals surface area contributed by atoms with Crippen LogP contribution in [0.15, 0.2) is 147 Å². The van der Waals surface area contributed by atoms with Crippen LogP contribution in [0, 0.1) is 94.7 Å². The average Bonchev–Trinajstić information content (AvgIpc) is 1.71. The van der Waals surface area contributed by atoms with Crippen LogP contribution in [0.2, 0.25) is 0 Å². The summed E-state index contributed by atoms with van der Waals surface area (Å²) in [5.74, 6) is 13.2. The normalized spacial score (nSPS) is 14.8. The van der Waals surface area contributed by atoms with Crippen molar-refractivity contribution in [3.05, 3.63) is 169 Å². The number of terminal acetylenes is 4. The molecule has 5 saturated heterocycles. The summed E-state index contributed by atoms with van der Waals surface area (Å²) in [4.78, 5) is 96.1. The summed E-state index contributed by atoms with van der Waals surface area (Å²) < 4.78 is 34.8. The van der Waals surface area contributed by atoms with Gasteiger partial charge in [0.25, 0.3) is 23.6 Å². The summed E-state index contributed by atoms with van der Waals surface area (Å²) >= 11 is 0. The highest BCUT2D eigenvalue weighted by Gasteiger charge is 2.29. The molecule has 5 aliphatic rings. The Bertz CT molecular complexity index is 6460. The van der Waals surface area contributed by atoms with Crippen molar-refractivity contribution >= 4 is 74.9 Å². The molecule has 12 aromatic heterocycles. The molecule has 12 aromatic rings. The monoisotopic (exact) mass is 1820 g/mol. The minimum Gasteiger partial charge on any atom is -0.491 e. The first-order valence-electron chi connectivity index (χ1n) is 43.5. The number of hydrogen-bond acceptors (Lipinski definition) is 29. The van der Waals surface area contributed by atoms with E-state index in [1.807, 2.05) is 77.7 Å². The van der Waals surface area contributed by atoms with Crippen molar-refractivity contribution in [2.75, 3.05) is 197 Å². The van der Waals surface area contributed by atoms with Crippen molar-refractivity contribution in [3.8, 4) is 141 Å². The number of carbonyl (C=O) groups is 5. The van der Waals surface area contributed by atoms with Gasteiger partial charge in [-0.1, -0.05) is 0 Å². The number of piperazine rings is 5. The highest BCUT2D eigenvalue weighted by molar-refractivity contribution is 5.95. The Morgan fingerprint density at radius 3 is 0.852 bits per heavy atom. The summed E-state index contributed by atoms with van der Waals surface area (Å²) in [5.41, 5.74) is 11.0. The van der Waals surface area contributed by atoms with Crippen molar-refractivity contribution < 1.29 is 57.9 Å². The van der Waals surface area contributed by atoms with Crippen LogP contribution in [0.5, 0.6) is 23.0 Å². The van der Waals surface area contributed by atoms with Gasteiger partial charge < -0.3 is 78.0 Å². The SMILES string of the molecule is C#CC(=O)N1CCN(c2ccc(-c3cc(OCCN4CCN(C(C)=O)CC4)cn4ncc(C#N)c34)cn2)CC1.C#CC(=O)N1CCN(c2ccc(-c3cc(OCCOC)cn4ncc(C#N)c34)cn2)CC1.C#CC(=O)N1CCN(c2ccc(-c3cc(OC[C@@H](C)O)cn4ncc(C#N)c34)cn2)CC1.C#CC(=O)N1CCN(c2ccc(-c3cc(OC[C@H](C)O)cn4ncc(C#N)c34)cn2)CC1. The van der Waals surface area contributed by atoms with E-state index in [9.17, 15) is 55.2 Å². The van der Waals surface area contributed by atoms with Crippen LogP contribution in [-0.2, 0) is 28.7 Å². The summed E-state index contributed by atoms with van der Waals surface area (Å²) in [6.07, 6.45) is 39.7. The van der Waals surface area contributed by atoms with Gasteiger partial charge in [-0.05, 0) is 110 Å². The van der Waals surface area contributed by atoms with E-state index < -0.39 is 12.2 Å². The summed E-state index contributed by atoms with van der Waals surface area (Å²) in [7, 11) is 1.62. The number of ether oxygens (including phenoxy) is 5. The molecule has 0 bridgehead atoms. The van der Waals surface area contributed by atoms with Crippen molar-refractivity contribution in [1.29, 1.82) is 21.0 Å². The van der Waals surface area contributed by atoms with Gasteiger partial charge in [0, 0.05) is 221 Å². The molecular formula is C97H96N26O12. The first-order chi connectivity index (χ1) is 65.6. The van der Waals surface area contributed by atoms with Gasteiger partial charge in [-0.3, -0.25) is 28.9 Å². The Morgan fingerprint density at radius 2 is 0.622 bits per heavy atom. The first kappa shape index (κ1) is 94.3. The molecule has 2 atom stereocenters. The fourth-order valence-corrected chi connectivity index (χ4v) is 16.0. The fraction of sp³-hybridized carbons (Fsp3) is 0.330. The molecule has 0 radical (unpaired) electrons. The van der Waals surface area contributed by atoms with E-state index in [0.717, 1.165) is 101 Å². The number of aromatic nitrogens is 12. The number of anilines is 4. The number of rotatable bonds is 22. The summed E-state index contributed by atoms with van der Waals surface area (Å²) in [6.45, 7) is 20.1. The fourth-order valence-electron chi connectivity index (χ4n) is 16.0. The van der Waals surface area contributed by atoms with E-state index in [-0.39, 0.29) is 42.7 Å². The highest BCUT2D eigenvalue weighted by Crippen LogP contribution is 2.37. The number of carbonyl (C=O) groups excluding carboxylic acids is 5. The molecule has 2 N–H and O–H groups in total. The maximum Gasteiger partial charge on any atom is 0.298 e. The smallest absolute Gasteiger partial charge is 0.298 e. The molecule has 5 aliphatic heterocycles. The number of hydrogen-bond donors (Lipinski definition) is 2. The lowest BCUT2D eigenvalue weighted by molar-refractivity contribution is -0.130. The lowest BCUT2D eigenvalue weighted by Crippen LogP contribution is -2.48. The zero-order chi connectivity index (χ0) is 95.2. The minimum absolute atomic E-state index is 0.115. The van der Waals surface area contributed by atoms with Gasteiger partial charge in [0.15, 0.2) is 0 Å². The Hall–Kier alpha value is -16.9. The second kappa shape index (κ2) is 44.2. The molecule has 38 heteroatoms. The van der Waals surface area contributed by atoms with E-state index >= 15 is 0 Å².